The molecule has 1 fully saturated rings. The van der Waals surface area contributed by atoms with Crippen molar-refractivity contribution in [3.05, 3.63) is 41.7 Å². The molecule has 1 saturated heterocycles. The predicted molar refractivity (Wildman–Crippen MR) is 108 cm³/mol. The zero-order valence-electron chi connectivity index (χ0n) is 17.7. The first-order chi connectivity index (χ1) is 15.8. The number of alkyl halides is 3. The molecule has 1 aromatic heterocycles. The first-order valence-corrected chi connectivity index (χ1v) is 10.2. The lowest BCUT2D eigenvalue weighted by Gasteiger charge is -2.30. The van der Waals surface area contributed by atoms with Crippen molar-refractivity contribution < 1.29 is 37.0 Å². The minimum atomic E-state index is -4.86. The molecule has 0 radical (unpaired) electrons. The van der Waals surface area contributed by atoms with Gasteiger partial charge in [0.05, 0.1) is 7.11 Å². The fourth-order valence-electron chi connectivity index (χ4n) is 3.68. The van der Waals surface area contributed by atoms with Crippen molar-refractivity contribution in [1.29, 1.82) is 0 Å². The van der Waals surface area contributed by atoms with Crippen molar-refractivity contribution in [2.24, 2.45) is 0 Å². The monoisotopic (exact) mass is 466 g/mol. The van der Waals surface area contributed by atoms with E-state index < -0.39 is 29.5 Å². The van der Waals surface area contributed by atoms with E-state index in [1.807, 2.05) is 0 Å². The first kappa shape index (κ1) is 22.6. The Labute approximate surface area is 187 Å². The molecule has 2 aromatic rings. The van der Waals surface area contributed by atoms with E-state index in [9.17, 15) is 22.8 Å². The lowest BCUT2D eigenvalue weighted by molar-refractivity contribution is -0.142. The zero-order chi connectivity index (χ0) is 23.6. The number of para-hydroxylation sites is 2. The Hall–Kier alpha value is -3.57. The molecular weight excluding hydrogens is 445 g/mol. The maximum Gasteiger partial charge on any atom is 0.434 e. The molecule has 4 rings (SSSR count). The van der Waals surface area contributed by atoms with Crippen molar-refractivity contribution in [1.82, 2.24) is 14.9 Å². The van der Waals surface area contributed by atoms with Crippen molar-refractivity contribution in [2.45, 2.75) is 18.7 Å². The summed E-state index contributed by atoms with van der Waals surface area (Å²) in [5, 5.41) is 0. The molecule has 0 saturated carbocycles. The minimum absolute atomic E-state index is 0.0725. The molecule has 9 nitrogen and oxygen atoms in total. The van der Waals surface area contributed by atoms with Crippen molar-refractivity contribution in [3.63, 3.8) is 0 Å². The molecule has 0 N–H and O–H groups in total. The number of carbonyl (C=O) groups excluding carboxylic acids is 2. The van der Waals surface area contributed by atoms with Gasteiger partial charge in [-0.1, -0.05) is 12.1 Å². The van der Waals surface area contributed by atoms with E-state index in [4.69, 9.17) is 9.47 Å². The number of anilines is 1. The molecule has 176 valence electrons. The predicted octanol–water partition coefficient (Wildman–Crippen LogP) is 2.16. The van der Waals surface area contributed by atoms with E-state index in [-0.39, 0.29) is 31.6 Å². The van der Waals surface area contributed by atoms with Gasteiger partial charge in [0.1, 0.15) is 12.2 Å². The molecule has 0 bridgehead atoms. The molecule has 3 heterocycles. The highest BCUT2D eigenvalue weighted by atomic mass is 19.4. The van der Waals surface area contributed by atoms with Gasteiger partial charge in [-0.3, -0.25) is 4.79 Å². The van der Waals surface area contributed by atoms with Crippen LogP contribution in [-0.4, -0.2) is 72.7 Å². The Balaban J connectivity index is 1.46. The summed E-state index contributed by atoms with van der Waals surface area (Å²) < 4.78 is 56.2. The van der Waals surface area contributed by atoms with Crippen molar-refractivity contribution in [2.75, 3.05) is 44.8 Å². The highest BCUT2D eigenvalue weighted by molar-refractivity contribution is 5.90. The van der Waals surface area contributed by atoms with Gasteiger partial charge in [-0.25, -0.2) is 14.8 Å². The van der Waals surface area contributed by atoms with Crippen LogP contribution in [0.15, 0.2) is 30.5 Å². The average molecular weight is 466 g/mol. The van der Waals surface area contributed by atoms with Gasteiger partial charge in [0.15, 0.2) is 17.2 Å². The van der Waals surface area contributed by atoms with E-state index in [2.05, 4.69) is 14.7 Å². The summed E-state index contributed by atoms with van der Waals surface area (Å²) in [6, 6.07) is 7.05. The van der Waals surface area contributed by atoms with Crippen LogP contribution in [0.5, 0.6) is 11.5 Å². The number of ether oxygens (including phenoxy) is 3. The number of rotatable bonds is 3. The topological polar surface area (TPSA) is 94.1 Å². The number of nitrogens with zero attached hydrogens (tertiary/aromatic N) is 4. The van der Waals surface area contributed by atoms with Gasteiger partial charge < -0.3 is 24.0 Å². The van der Waals surface area contributed by atoms with Crippen LogP contribution in [0.1, 0.15) is 22.5 Å². The second-order valence-electron chi connectivity index (χ2n) is 7.45. The number of benzene rings is 1. The third-order valence-electron chi connectivity index (χ3n) is 5.32. The van der Waals surface area contributed by atoms with E-state index in [0.717, 1.165) is 13.3 Å². The van der Waals surface area contributed by atoms with Gasteiger partial charge in [-0.05, 0) is 18.6 Å². The number of aromatic nitrogens is 2. The van der Waals surface area contributed by atoms with Crippen LogP contribution < -0.4 is 14.4 Å². The second-order valence-corrected chi connectivity index (χ2v) is 7.45. The lowest BCUT2D eigenvalue weighted by atomic mass is 10.2. The Bertz CT molecular complexity index is 1050. The van der Waals surface area contributed by atoms with E-state index in [1.165, 1.54) is 0 Å². The zero-order valence-corrected chi connectivity index (χ0v) is 17.7. The molecule has 33 heavy (non-hydrogen) atoms. The van der Waals surface area contributed by atoms with Crippen LogP contribution in [0.4, 0.5) is 19.1 Å². The molecule has 0 aliphatic carbocycles. The number of methoxy groups -OCH3 is 1. The molecular formula is C21H21F3N4O5. The fraction of sp³-hybridized carbons (Fsp3) is 0.429. The highest BCUT2D eigenvalue weighted by Crippen LogP contribution is 2.33. The summed E-state index contributed by atoms with van der Waals surface area (Å²) in [5.74, 6) is -0.550. The summed E-state index contributed by atoms with van der Waals surface area (Å²) >= 11 is 0. The molecule has 1 aromatic carbocycles. The van der Waals surface area contributed by atoms with Crippen molar-refractivity contribution >= 4 is 17.8 Å². The molecule has 2 aliphatic heterocycles. The number of amides is 1. The van der Waals surface area contributed by atoms with Crippen LogP contribution in [0.3, 0.4) is 0 Å². The summed E-state index contributed by atoms with van der Waals surface area (Å²) in [6.07, 6.45) is -4.36. The van der Waals surface area contributed by atoms with E-state index in [0.29, 0.717) is 31.0 Å². The maximum atomic E-state index is 13.5. The van der Waals surface area contributed by atoms with Gasteiger partial charge in [-0.2, -0.15) is 13.2 Å². The van der Waals surface area contributed by atoms with Crippen LogP contribution >= 0.6 is 0 Å². The van der Waals surface area contributed by atoms with E-state index >= 15 is 0 Å². The van der Waals surface area contributed by atoms with Gasteiger partial charge in [-0.15, -0.1) is 0 Å². The minimum Gasteiger partial charge on any atom is -0.485 e. The Morgan fingerprint density at radius 1 is 1.12 bits per heavy atom. The SMILES string of the molecule is COC(=O)c1cnc(N2CCCN(C(=O)C3COc4ccccc4O3)CC2)nc1C(F)(F)F. The molecule has 1 atom stereocenters. The summed E-state index contributed by atoms with van der Waals surface area (Å²) in [6.45, 7) is 1.25. The molecule has 0 spiro atoms. The number of carbonyl (C=O) groups is 2. The Kier molecular flexibility index (Phi) is 6.25. The second kappa shape index (κ2) is 9.12. The molecule has 1 unspecified atom stereocenters. The smallest absolute Gasteiger partial charge is 0.434 e. The fourth-order valence-corrected chi connectivity index (χ4v) is 3.68. The quantitative estimate of drug-likeness (QED) is 0.636. The number of hydrogen-bond donors (Lipinski definition) is 0. The highest BCUT2D eigenvalue weighted by Gasteiger charge is 2.39. The first-order valence-electron chi connectivity index (χ1n) is 10.2. The van der Waals surface area contributed by atoms with Crippen LogP contribution in [0.2, 0.25) is 0 Å². The molecule has 1 amide bonds. The van der Waals surface area contributed by atoms with Gasteiger partial charge in [0.25, 0.3) is 5.91 Å². The Morgan fingerprint density at radius 2 is 1.88 bits per heavy atom. The van der Waals surface area contributed by atoms with Crippen LogP contribution in [-0.2, 0) is 15.7 Å². The van der Waals surface area contributed by atoms with E-state index in [1.54, 1.807) is 34.1 Å². The standard InChI is InChI=1S/C21H21F3N4O5/c1-31-19(30)13-11-25-20(26-17(13)21(22,23)24)28-8-4-7-27(9-10-28)18(29)16-12-32-14-5-2-3-6-15(14)33-16/h2-3,5-6,11,16H,4,7-10,12H2,1H3. The van der Waals surface area contributed by atoms with Gasteiger partial charge in [0.2, 0.25) is 12.1 Å². The normalized spacial score (nSPS) is 18.5. The summed E-state index contributed by atoms with van der Waals surface area (Å²) in [7, 11) is 0.983. The maximum absolute atomic E-state index is 13.5. The molecule has 12 heteroatoms. The van der Waals surface area contributed by atoms with Gasteiger partial charge in [0, 0.05) is 32.4 Å². The van der Waals surface area contributed by atoms with Crippen LogP contribution in [0, 0.1) is 0 Å². The third kappa shape index (κ3) is 4.78. The van der Waals surface area contributed by atoms with Crippen LogP contribution in [0.25, 0.3) is 0 Å². The number of hydrogen-bond acceptors (Lipinski definition) is 8. The summed E-state index contributed by atoms with van der Waals surface area (Å²) in [4.78, 5) is 35.3. The van der Waals surface area contributed by atoms with Gasteiger partial charge >= 0.3 is 12.1 Å². The number of esters is 1. The average Bonchev–Trinajstić information content (AvgIpc) is 3.08. The summed E-state index contributed by atoms with van der Waals surface area (Å²) in [5.41, 5.74) is -2.11. The third-order valence-corrected chi connectivity index (χ3v) is 5.32. The molecule has 2 aliphatic rings. The lowest BCUT2D eigenvalue weighted by Crippen LogP contribution is -2.47. The Morgan fingerprint density at radius 3 is 2.61 bits per heavy atom. The number of halogens is 3. The number of fused-ring (bicyclic) bond motifs is 1. The largest absolute Gasteiger partial charge is 0.485 e. The van der Waals surface area contributed by atoms with Crippen molar-refractivity contribution in [3.8, 4) is 11.5 Å².